The predicted octanol–water partition coefficient (Wildman–Crippen LogP) is 2.80. The molecule has 0 spiro atoms. The van der Waals surface area contributed by atoms with Gasteiger partial charge < -0.3 is 19.2 Å². The van der Waals surface area contributed by atoms with Crippen molar-refractivity contribution in [3.63, 3.8) is 0 Å². The average molecular weight is 333 g/mol. The first-order valence-electron chi connectivity index (χ1n) is 7.94. The number of benzene rings is 1. The second-order valence-corrected chi connectivity index (χ2v) is 6.02. The fourth-order valence-electron chi connectivity index (χ4n) is 2.85. The van der Waals surface area contributed by atoms with Crippen LogP contribution in [-0.2, 0) is 6.61 Å². The van der Waals surface area contributed by atoms with Crippen molar-refractivity contribution >= 4 is 5.91 Å². The van der Waals surface area contributed by atoms with Gasteiger partial charge in [-0.2, -0.15) is 0 Å². The first kappa shape index (κ1) is 16.5. The SMILES string of the molecule is O=C(c1occc1COc1ccccc1)N1CCCC(F)(CO)C1. The zero-order chi connectivity index (χ0) is 17.0. The van der Waals surface area contributed by atoms with Crippen LogP contribution in [0.5, 0.6) is 5.75 Å². The van der Waals surface area contributed by atoms with Crippen molar-refractivity contribution in [2.24, 2.45) is 0 Å². The number of ether oxygens (including phenoxy) is 1. The maximum Gasteiger partial charge on any atom is 0.290 e. The molecule has 1 aromatic heterocycles. The quantitative estimate of drug-likeness (QED) is 0.914. The van der Waals surface area contributed by atoms with E-state index in [1.54, 1.807) is 6.07 Å². The molecule has 5 nitrogen and oxygen atoms in total. The molecule has 2 aromatic rings. The zero-order valence-corrected chi connectivity index (χ0v) is 13.3. The number of rotatable bonds is 5. The Bertz CT molecular complexity index is 687. The van der Waals surface area contributed by atoms with E-state index in [4.69, 9.17) is 9.15 Å². The molecule has 1 saturated heterocycles. The lowest BCUT2D eigenvalue weighted by molar-refractivity contribution is 0.000475. The third kappa shape index (κ3) is 3.59. The summed E-state index contributed by atoms with van der Waals surface area (Å²) < 4.78 is 25.3. The molecule has 1 atom stereocenters. The van der Waals surface area contributed by atoms with E-state index >= 15 is 0 Å². The normalized spacial score (nSPS) is 20.8. The van der Waals surface area contributed by atoms with Crippen LogP contribution in [-0.4, -0.2) is 41.3 Å². The summed E-state index contributed by atoms with van der Waals surface area (Å²) in [5.41, 5.74) is -1.12. The minimum atomic E-state index is -1.73. The summed E-state index contributed by atoms with van der Waals surface area (Å²) in [5.74, 6) is 0.480. The first-order chi connectivity index (χ1) is 11.6. The van der Waals surface area contributed by atoms with Gasteiger partial charge in [0, 0.05) is 12.1 Å². The van der Waals surface area contributed by atoms with Gasteiger partial charge in [0.05, 0.1) is 19.4 Å². The Morgan fingerprint density at radius 1 is 1.33 bits per heavy atom. The molecular weight excluding hydrogens is 313 g/mol. The largest absolute Gasteiger partial charge is 0.489 e. The standard InChI is InChI=1S/C18H20FNO4/c19-18(13-21)8-4-9-20(12-18)17(22)16-14(7-10-23-16)11-24-15-5-2-1-3-6-15/h1-3,5-7,10,21H,4,8-9,11-13H2. The number of halogens is 1. The number of carbonyl (C=O) groups is 1. The van der Waals surface area contributed by atoms with Gasteiger partial charge in [0.15, 0.2) is 11.4 Å². The van der Waals surface area contributed by atoms with Crippen LogP contribution in [0.25, 0.3) is 0 Å². The number of carbonyl (C=O) groups excluding carboxylic acids is 1. The number of piperidine rings is 1. The third-order valence-electron chi connectivity index (χ3n) is 4.18. The summed E-state index contributed by atoms with van der Waals surface area (Å²) in [6, 6.07) is 10.9. The summed E-state index contributed by atoms with van der Waals surface area (Å²) in [6.07, 6.45) is 2.20. The fraction of sp³-hybridized carbons (Fsp3) is 0.389. The summed E-state index contributed by atoms with van der Waals surface area (Å²) in [6.45, 7) is -0.0681. The number of para-hydroxylation sites is 1. The first-order valence-corrected chi connectivity index (χ1v) is 7.94. The number of nitrogens with zero attached hydrogens (tertiary/aromatic N) is 1. The predicted molar refractivity (Wildman–Crippen MR) is 85.5 cm³/mol. The summed E-state index contributed by atoms with van der Waals surface area (Å²) in [7, 11) is 0. The van der Waals surface area contributed by atoms with Crippen LogP contribution in [0.15, 0.2) is 47.1 Å². The molecule has 3 rings (SSSR count). The molecule has 1 aromatic carbocycles. The monoisotopic (exact) mass is 333 g/mol. The lowest BCUT2D eigenvalue weighted by atomic mass is 9.95. The van der Waals surface area contributed by atoms with Gasteiger partial charge in [0.1, 0.15) is 12.4 Å². The van der Waals surface area contributed by atoms with E-state index in [0.717, 1.165) is 0 Å². The highest BCUT2D eigenvalue weighted by molar-refractivity contribution is 5.93. The van der Waals surface area contributed by atoms with Gasteiger partial charge in [0.2, 0.25) is 0 Å². The van der Waals surface area contributed by atoms with E-state index < -0.39 is 12.3 Å². The maximum absolute atomic E-state index is 14.3. The van der Waals surface area contributed by atoms with E-state index in [0.29, 0.717) is 24.3 Å². The number of aliphatic hydroxyl groups is 1. The molecule has 2 heterocycles. The van der Waals surface area contributed by atoms with Crippen LogP contribution in [0.2, 0.25) is 0 Å². The molecule has 1 N–H and O–H groups in total. The molecule has 1 amide bonds. The number of furan rings is 1. The second kappa shape index (κ2) is 7.05. The Kier molecular flexibility index (Phi) is 4.85. The summed E-state index contributed by atoms with van der Waals surface area (Å²) in [5, 5.41) is 9.19. The van der Waals surface area contributed by atoms with Crippen molar-refractivity contribution < 1.29 is 23.4 Å². The topological polar surface area (TPSA) is 62.9 Å². The van der Waals surface area contributed by atoms with Gasteiger partial charge >= 0.3 is 0 Å². The van der Waals surface area contributed by atoms with Crippen LogP contribution in [0.4, 0.5) is 4.39 Å². The minimum absolute atomic E-state index is 0.123. The molecular formula is C18H20FNO4. The van der Waals surface area contributed by atoms with Gasteiger partial charge in [0.25, 0.3) is 5.91 Å². The molecule has 128 valence electrons. The van der Waals surface area contributed by atoms with Crippen molar-refractivity contribution in [2.45, 2.75) is 25.1 Å². The Morgan fingerprint density at radius 3 is 2.88 bits per heavy atom. The van der Waals surface area contributed by atoms with Gasteiger partial charge in [-0.25, -0.2) is 4.39 Å². The lowest BCUT2D eigenvalue weighted by Gasteiger charge is -2.35. The lowest BCUT2D eigenvalue weighted by Crippen LogP contribution is -2.49. The van der Waals surface area contributed by atoms with E-state index in [-0.39, 0.29) is 31.2 Å². The van der Waals surface area contributed by atoms with Gasteiger partial charge in [-0.15, -0.1) is 0 Å². The van der Waals surface area contributed by atoms with Crippen molar-refractivity contribution in [1.82, 2.24) is 4.90 Å². The number of alkyl halides is 1. The van der Waals surface area contributed by atoms with Gasteiger partial charge in [-0.3, -0.25) is 4.79 Å². The zero-order valence-electron chi connectivity index (χ0n) is 13.3. The van der Waals surface area contributed by atoms with Gasteiger partial charge in [-0.1, -0.05) is 18.2 Å². The van der Waals surface area contributed by atoms with E-state index in [1.165, 1.54) is 11.2 Å². The van der Waals surface area contributed by atoms with Crippen molar-refractivity contribution in [2.75, 3.05) is 19.7 Å². The smallest absolute Gasteiger partial charge is 0.290 e. The number of hydrogen-bond donors (Lipinski definition) is 1. The molecule has 0 bridgehead atoms. The highest BCUT2D eigenvalue weighted by atomic mass is 19.1. The number of amides is 1. The van der Waals surface area contributed by atoms with Crippen LogP contribution in [0.3, 0.4) is 0 Å². The molecule has 0 saturated carbocycles. The molecule has 1 unspecified atom stereocenters. The third-order valence-corrected chi connectivity index (χ3v) is 4.18. The van der Waals surface area contributed by atoms with Crippen LogP contribution < -0.4 is 4.74 Å². The Morgan fingerprint density at radius 2 is 2.12 bits per heavy atom. The highest BCUT2D eigenvalue weighted by Gasteiger charge is 2.38. The second-order valence-electron chi connectivity index (χ2n) is 6.02. The van der Waals surface area contributed by atoms with Crippen molar-refractivity contribution in [1.29, 1.82) is 0 Å². The molecule has 24 heavy (non-hydrogen) atoms. The number of likely N-dealkylation sites (tertiary alicyclic amines) is 1. The summed E-state index contributed by atoms with van der Waals surface area (Å²) >= 11 is 0. The molecule has 0 aliphatic carbocycles. The molecule has 1 aliphatic heterocycles. The minimum Gasteiger partial charge on any atom is -0.489 e. The number of aliphatic hydroxyl groups excluding tert-OH is 1. The summed E-state index contributed by atoms with van der Waals surface area (Å²) in [4.78, 5) is 14.0. The molecule has 0 radical (unpaired) electrons. The van der Waals surface area contributed by atoms with Crippen molar-refractivity contribution in [3.8, 4) is 5.75 Å². The molecule has 1 aliphatic rings. The van der Waals surface area contributed by atoms with E-state index in [2.05, 4.69) is 0 Å². The Labute approximate surface area is 139 Å². The Balaban J connectivity index is 1.69. The maximum atomic E-state index is 14.3. The fourth-order valence-corrected chi connectivity index (χ4v) is 2.85. The van der Waals surface area contributed by atoms with Crippen LogP contribution >= 0.6 is 0 Å². The van der Waals surface area contributed by atoms with Crippen molar-refractivity contribution in [3.05, 3.63) is 54.0 Å². The van der Waals surface area contributed by atoms with Crippen LogP contribution in [0, 0.1) is 0 Å². The molecule has 1 fully saturated rings. The molecule has 6 heteroatoms. The van der Waals surface area contributed by atoms with E-state index in [9.17, 15) is 14.3 Å². The van der Waals surface area contributed by atoms with Gasteiger partial charge in [-0.05, 0) is 31.0 Å². The van der Waals surface area contributed by atoms with E-state index in [1.807, 2.05) is 30.3 Å². The highest BCUT2D eigenvalue weighted by Crippen LogP contribution is 2.27. The number of hydrogen-bond acceptors (Lipinski definition) is 4. The van der Waals surface area contributed by atoms with Crippen LogP contribution in [0.1, 0.15) is 29.0 Å². The average Bonchev–Trinajstić information content (AvgIpc) is 3.09. The Hall–Kier alpha value is -2.34.